The van der Waals surface area contributed by atoms with Gasteiger partial charge in [0.1, 0.15) is 0 Å². The van der Waals surface area contributed by atoms with Gasteiger partial charge in [0.05, 0.1) is 5.54 Å². The first kappa shape index (κ1) is 12.3. The second kappa shape index (κ2) is 4.63. The normalized spacial score (nSPS) is 14.4. The van der Waals surface area contributed by atoms with E-state index >= 15 is 0 Å². The Kier molecular flexibility index (Phi) is 3.36. The Morgan fingerprint density at radius 3 is 2.18 bits per heavy atom. The summed E-state index contributed by atoms with van der Waals surface area (Å²) in [5, 5.41) is 0. The zero-order valence-electron chi connectivity index (χ0n) is 10.1. The van der Waals surface area contributed by atoms with Crippen LogP contribution in [-0.2, 0) is 5.54 Å². The van der Waals surface area contributed by atoms with Gasteiger partial charge in [-0.2, -0.15) is 0 Å². The van der Waals surface area contributed by atoms with Gasteiger partial charge in [-0.05, 0) is 37.1 Å². The summed E-state index contributed by atoms with van der Waals surface area (Å²) >= 11 is 3.49. The van der Waals surface area contributed by atoms with Gasteiger partial charge in [-0.1, -0.05) is 57.9 Å². The van der Waals surface area contributed by atoms with Crippen LogP contribution in [0.15, 0.2) is 53.0 Å². The summed E-state index contributed by atoms with van der Waals surface area (Å²) in [6, 6.07) is 16.5. The summed E-state index contributed by atoms with van der Waals surface area (Å²) < 4.78 is 1.05. The molecular weight excluding hydrogens is 274 g/mol. The molecule has 0 spiro atoms. The smallest absolute Gasteiger partial charge is 0.0637 e. The van der Waals surface area contributed by atoms with E-state index < -0.39 is 5.54 Å². The minimum atomic E-state index is -0.462. The van der Waals surface area contributed by atoms with Gasteiger partial charge in [0.15, 0.2) is 0 Å². The maximum absolute atomic E-state index is 6.48. The van der Waals surface area contributed by atoms with Gasteiger partial charge < -0.3 is 5.73 Å². The number of benzene rings is 2. The van der Waals surface area contributed by atoms with Crippen LogP contribution >= 0.6 is 15.9 Å². The number of rotatable bonds is 2. The molecule has 0 aliphatic rings. The van der Waals surface area contributed by atoms with E-state index in [2.05, 4.69) is 53.2 Å². The molecule has 88 valence electrons. The van der Waals surface area contributed by atoms with Crippen LogP contribution in [0, 0.1) is 6.92 Å². The maximum Gasteiger partial charge on any atom is 0.0637 e. The topological polar surface area (TPSA) is 26.0 Å². The fraction of sp³-hybridized carbons (Fsp3) is 0.200. The summed E-state index contributed by atoms with van der Waals surface area (Å²) in [6.07, 6.45) is 0. The summed E-state index contributed by atoms with van der Waals surface area (Å²) in [5.74, 6) is 0. The summed E-state index contributed by atoms with van der Waals surface area (Å²) in [4.78, 5) is 0. The van der Waals surface area contributed by atoms with Crippen molar-refractivity contribution in [3.8, 4) is 0 Å². The molecule has 0 saturated heterocycles. The number of halogens is 1. The maximum atomic E-state index is 6.48. The molecule has 0 amide bonds. The minimum Gasteiger partial charge on any atom is -0.318 e. The van der Waals surface area contributed by atoms with Gasteiger partial charge in [0, 0.05) is 4.47 Å². The van der Waals surface area contributed by atoms with E-state index in [-0.39, 0.29) is 0 Å². The molecule has 1 atom stereocenters. The second-order valence-electron chi connectivity index (χ2n) is 4.58. The van der Waals surface area contributed by atoms with Crippen LogP contribution < -0.4 is 5.73 Å². The highest BCUT2D eigenvalue weighted by Crippen LogP contribution is 2.28. The molecule has 0 aliphatic heterocycles. The zero-order valence-corrected chi connectivity index (χ0v) is 11.7. The van der Waals surface area contributed by atoms with Gasteiger partial charge in [-0.25, -0.2) is 0 Å². The first-order valence-electron chi connectivity index (χ1n) is 5.62. The highest BCUT2D eigenvalue weighted by molar-refractivity contribution is 9.10. The Morgan fingerprint density at radius 1 is 1.00 bits per heavy atom. The van der Waals surface area contributed by atoms with Crippen molar-refractivity contribution in [1.29, 1.82) is 0 Å². The van der Waals surface area contributed by atoms with Crippen LogP contribution in [0.2, 0.25) is 0 Å². The molecule has 1 nitrogen and oxygen atoms in total. The van der Waals surface area contributed by atoms with Gasteiger partial charge in [-0.15, -0.1) is 0 Å². The van der Waals surface area contributed by atoms with Gasteiger partial charge >= 0.3 is 0 Å². The number of hydrogen-bond acceptors (Lipinski definition) is 1. The Balaban J connectivity index is 2.49. The van der Waals surface area contributed by atoms with Crippen molar-refractivity contribution in [3.05, 3.63) is 69.7 Å². The second-order valence-corrected chi connectivity index (χ2v) is 5.50. The van der Waals surface area contributed by atoms with Crippen LogP contribution in [0.5, 0.6) is 0 Å². The van der Waals surface area contributed by atoms with Gasteiger partial charge in [-0.3, -0.25) is 0 Å². The molecule has 17 heavy (non-hydrogen) atoms. The van der Waals surface area contributed by atoms with E-state index in [0.717, 1.165) is 15.6 Å². The lowest BCUT2D eigenvalue weighted by molar-refractivity contribution is 0.602. The molecular formula is C15H16BrN. The van der Waals surface area contributed by atoms with E-state index in [1.54, 1.807) is 0 Å². The number of hydrogen-bond donors (Lipinski definition) is 1. The van der Waals surface area contributed by atoms with Crippen molar-refractivity contribution in [1.82, 2.24) is 0 Å². The van der Waals surface area contributed by atoms with Gasteiger partial charge in [0.2, 0.25) is 0 Å². The average molecular weight is 290 g/mol. The van der Waals surface area contributed by atoms with Crippen molar-refractivity contribution in [2.45, 2.75) is 19.4 Å². The van der Waals surface area contributed by atoms with E-state index in [1.807, 2.05) is 25.1 Å². The molecule has 0 aromatic heterocycles. The molecule has 0 saturated carbocycles. The third-order valence-corrected chi connectivity index (χ3v) is 3.54. The first-order chi connectivity index (χ1) is 8.00. The summed E-state index contributed by atoms with van der Waals surface area (Å²) in [5.41, 5.74) is 9.49. The van der Waals surface area contributed by atoms with E-state index in [0.29, 0.717) is 0 Å². The van der Waals surface area contributed by atoms with Crippen molar-refractivity contribution >= 4 is 15.9 Å². The van der Waals surface area contributed by atoms with Crippen molar-refractivity contribution in [3.63, 3.8) is 0 Å². The largest absolute Gasteiger partial charge is 0.318 e. The fourth-order valence-electron chi connectivity index (χ4n) is 1.95. The molecule has 2 aromatic rings. The molecule has 0 bridgehead atoms. The molecule has 0 fully saturated rings. The monoisotopic (exact) mass is 289 g/mol. The Morgan fingerprint density at radius 2 is 1.59 bits per heavy atom. The molecule has 0 radical (unpaired) electrons. The zero-order chi connectivity index (χ0) is 12.5. The fourth-order valence-corrected chi connectivity index (χ4v) is 2.35. The van der Waals surface area contributed by atoms with Crippen LogP contribution in [0.25, 0.3) is 0 Å². The lowest BCUT2D eigenvalue weighted by Crippen LogP contribution is -2.34. The molecule has 2 heteroatoms. The van der Waals surface area contributed by atoms with Gasteiger partial charge in [0.25, 0.3) is 0 Å². The Labute approximate surface area is 111 Å². The van der Waals surface area contributed by atoms with Crippen LogP contribution in [-0.4, -0.2) is 0 Å². The average Bonchev–Trinajstić information content (AvgIpc) is 2.29. The first-order valence-corrected chi connectivity index (χ1v) is 6.41. The molecule has 0 aliphatic carbocycles. The van der Waals surface area contributed by atoms with Crippen LogP contribution in [0.4, 0.5) is 0 Å². The quantitative estimate of drug-likeness (QED) is 0.889. The summed E-state index contributed by atoms with van der Waals surface area (Å²) in [6.45, 7) is 4.13. The molecule has 0 heterocycles. The van der Waals surface area contributed by atoms with E-state index in [4.69, 9.17) is 5.73 Å². The standard InChI is InChI=1S/C15H16BrN/c1-11-5-3-6-12(9-11)15(2,17)13-7-4-8-14(16)10-13/h3-10H,17H2,1-2H3. The highest BCUT2D eigenvalue weighted by Gasteiger charge is 2.23. The lowest BCUT2D eigenvalue weighted by atomic mass is 9.85. The third kappa shape index (κ3) is 2.59. The van der Waals surface area contributed by atoms with Crippen LogP contribution in [0.1, 0.15) is 23.6 Å². The predicted octanol–water partition coefficient (Wildman–Crippen LogP) is 3.98. The molecule has 2 aromatic carbocycles. The Bertz CT molecular complexity index is 484. The predicted molar refractivity (Wildman–Crippen MR) is 76.0 cm³/mol. The highest BCUT2D eigenvalue weighted by atomic mass is 79.9. The van der Waals surface area contributed by atoms with Crippen molar-refractivity contribution in [2.24, 2.45) is 5.73 Å². The minimum absolute atomic E-state index is 0.462. The van der Waals surface area contributed by atoms with E-state index in [1.165, 1.54) is 5.56 Å². The third-order valence-electron chi connectivity index (χ3n) is 3.04. The lowest BCUT2D eigenvalue weighted by Gasteiger charge is -2.26. The Hall–Kier alpha value is -1.12. The summed E-state index contributed by atoms with van der Waals surface area (Å²) in [7, 11) is 0. The number of nitrogens with two attached hydrogens (primary N) is 1. The van der Waals surface area contributed by atoms with E-state index in [9.17, 15) is 0 Å². The van der Waals surface area contributed by atoms with Crippen molar-refractivity contribution in [2.75, 3.05) is 0 Å². The van der Waals surface area contributed by atoms with Crippen molar-refractivity contribution < 1.29 is 0 Å². The number of aryl methyl sites for hydroxylation is 1. The molecule has 2 rings (SSSR count). The SMILES string of the molecule is Cc1cccc(C(C)(N)c2cccc(Br)c2)c1. The van der Waals surface area contributed by atoms with Crippen LogP contribution in [0.3, 0.4) is 0 Å². The molecule has 2 N–H and O–H groups in total. The molecule has 1 unspecified atom stereocenters.